The van der Waals surface area contributed by atoms with E-state index in [2.05, 4.69) is 29.6 Å². The van der Waals surface area contributed by atoms with Gasteiger partial charge in [-0.1, -0.05) is 48.5 Å². The van der Waals surface area contributed by atoms with Crippen molar-refractivity contribution in [1.82, 2.24) is 5.32 Å². The maximum absolute atomic E-state index is 12.3. The highest BCUT2D eigenvalue weighted by molar-refractivity contribution is 6.11. The average Bonchev–Trinajstić information content (AvgIpc) is 2.52. The van der Waals surface area contributed by atoms with Crippen LogP contribution in [0.15, 0.2) is 54.6 Å². The highest BCUT2D eigenvalue weighted by Crippen LogP contribution is 2.26. The van der Waals surface area contributed by atoms with Crippen LogP contribution in [0.5, 0.6) is 0 Å². The zero-order valence-corrected chi connectivity index (χ0v) is 11.7. The predicted octanol–water partition coefficient (Wildman–Crippen LogP) is 3.78. The summed E-state index contributed by atoms with van der Waals surface area (Å²) in [4.78, 5) is 12.3. The van der Waals surface area contributed by atoms with Crippen molar-refractivity contribution >= 4 is 27.3 Å². The van der Waals surface area contributed by atoms with Crippen molar-refractivity contribution < 1.29 is 4.79 Å². The van der Waals surface area contributed by atoms with Gasteiger partial charge in [0.1, 0.15) is 0 Å². The quantitative estimate of drug-likeness (QED) is 0.575. The number of nitrogens with one attached hydrogen (secondary N) is 1. The summed E-state index contributed by atoms with van der Waals surface area (Å²) < 4.78 is 0. The minimum Gasteiger partial charge on any atom is -0.310 e. The molecule has 0 aromatic heterocycles. The number of benzene rings is 3. The van der Waals surface area contributed by atoms with Crippen LogP contribution >= 0.6 is 0 Å². The van der Waals surface area contributed by atoms with Gasteiger partial charge >= 0.3 is 0 Å². The first kappa shape index (κ1) is 12.8. The molecule has 3 rings (SSSR count). The number of hydrogen-bond donors (Lipinski definition) is 1. The lowest BCUT2D eigenvalue weighted by Crippen LogP contribution is -2.30. The second-order valence-corrected chi connectivity index (χ2v) is 5.10. The number of hydrogen-bond acceptors (Lipinski definition) is 2. The molecule has 0 amide bonds. The van der Waals surface area contributed by atoms with Gasteiger partial charge in [-0.15, -0.1) is 0 Å². The summed E-state index contributed by atoms with van der Waals surface area (Å²) >= 11 is 0. The van der Waals surface area contributed by atoms with Crippen molar-refractivity contribution in [2.45, 2.75) is 13.0 Å². The fourth-order valence-electron chi connectivity index (χ4n) is 2.54. The molecule has 0 spiro atoms. The lowest BCUT2D eigenvalue weighted by atomic mass is 9.97. The van der Waals surface area contributed by atoms with Crippen molar-refractivity contribution in [1.29, 1.82) is 0 Å². The summed E-state index contributed by atoms with van der Waals surface area (Å²) in [5.41, 5.74) is 0.760. The topological polar surface area (TPSA) is 29.1 Å². The summed E-state index contributed by atoms with van der Waals surface area (Å²) in [6, 6.07) is 18.3. The SMILES string of the molecule is CNC(C)C(=O)c1ccc2ccc3ccccc3c2c1. The number of likely N-dealkylation sites (N-methyl/N-ethyl adjacent to an activating group) is 1. The summed E-state index contributed by atoms with van der Waals surface area (Å²) in [7, 11) is 1.80. The summed E-state index contributed by atoms with van der Waals surface area (Å²) in [5, 5.41) is 7.69. The minimum absolute atomic E-state index is 0.127. The summed E-state index contributed by atoms with van der Waals surface area (Å²) in [6.07, 6.45) is 0. The van der Waals surface area contributed by atoms with Gasteiger partial charge in [-0.05, 0) is 41.6 Å². The Balaban J connectivity index is 2.23. The van der Waals surface area contributed by atoms with E-state index < -0.39 is 0 Å². The van der Waals surface area contributed by atoms with Crippen molar-refractivity contribution in [3.8, 4) is 0 Å². The van der Waals surface area contributed by atoms with Crippen LogP contribution in [0.25, 0.3) is 21.5 Å². The van der Waals surface area contributed by atoms with Gasteiger partial charge < -0.3 is 5.32 Å². The molecular weight excluding hydrogens is 246 g/mol. The van der Waals surface area contributed by atoms with E-state index in [0.717, 1.165) is 16.3 Å². The molecule has 0 fully saturated rings. The molecule has 0 saturated heterocycles. The van der Waals surface area contributed by atoms with Crippen molar-refractivity contribution in [2.24, 2.45) is 0 Å². The van der Waals surface area contributed by atoms with Crippen LogP contribution in [-0.4, -0.2) is 18.9 Å². The Morgan fingerprint density at radius 2 is 1.60 bits per heavy atom. The molecule has 0 radical (unpaired) electrons. The fourth-order valence-corrected chi connectivity index (χ4v) is 2.54. The second kappa shape index (κ2) is 5.06. The van der Waals surface area contributed by atoms with Crippen LogP contribution in [0.3, 0.4) is 0 Å². The smallest absolute Gasteiger partial charge is 0.179 e. The van der Waals surface area contributed by atoms with E-state index in [1.807, 2.05) is 37.3 Å². The van der Waals surface area contributed by atoms with Crippen LogP contribution in [0.2, 0.25) is 0 Å². The van der Waals surface area contributed by atoms with Gasteiger partial charge in [-0.25, -0.2) is 0 Å². The highest BCUT2D eigenvalue weighted by atomic mass is 16.1. The van der Waals surface area contributed by atoms with Gasteiger partial charge in [0.25, 0.3) is 0 Å². The molecule has 2 heteroatoms. The standard InChI is InChI=1S/C18H17NO/c1-12(19-2)18(20)15-10-9-14-8-7-13-5-3-4-6-16(13)17(14)11-15/h3-12,19H,1-2H3. The van der Waals surface area contributed by atoms with Crippen molar-refractivity contribution in [3.05, 3.63) is 60.2 Å². The zero-order chi connectivity index (χ0) is 14.1. The number of Topliss-reactive ketones (excluding diaryl/α,β-unsaturated/α-hetero) is 1. The lowest BCUT2D eigenvalue weighted by molar-refractivity contribution is 0.0955. The van der Waals surface area contributed by atoms with Crippen LogP contribution in [-0.2, 0) is 0 Å². The molecule has 0 aliphatic rings. The normalized spacial score (nSPS) is 12.7. The largest absolute Gasteiger partial charge is 0.310 e. The van der Waals surface area contributed by atoms with Crippen molar-refractivity contribution in [2.75, 3.05) is 7.05 Å². The third kappa shape index (κ3) is 2.08. The predicted molar refractivity (Wildman–Crippen MR) is 84.3 cm³/mol. The van der Waals surface area contributed by atoms with E-state index in [0.29, 0.717) is 0 Å². The van der Waals surface area contributed by atoms with Gasteiger partial charge in [0, 0.05) is 5.56 Å². The van der Waals surface area contributed by atoms with Gasteiger partial charge in [0.05, 0.1) is 6.04 Å². The second-order valence-electron chi connectivity index (χ2n) is 5.10. The van der Waals surface area contributed by atoms with Gasteiger partial charge in [-0.3, -0.25) is 4.79 Å². The summed E-state index contributed by atoms with van der Waals surface area (Å²) in [6.45, 7) is 1.88. The first-order chi connectivity index (χ1) is 9.70. The molecule has 0 aliphatic carbocycles. The first-order valence-corrected chi connectivity index (χ1v) is 6.83. The Morgan fingerprint density at radius 3 is 2.35 bits per heavy atom. The molecule has 0 bridgehead atoms. The maximum Gasteiger partial charge on any atom is 0.179 e. The Labute approximate surface area is 118 Å². The molecule has 3 aromatic rings. The van der Waals surface area contributed by atoms with Crippen LogP contribution < -0.4 is 5.32 Å². The third-order valence-corrected chi connectivity index (χ3v) is 3.86. The molecule has 1 unspecified atom stereocenters. The number of carbonyl (C=O) groups excluding carboxylic acids is 1. The van der Waals surface area contributed by atoms with Crippen LogP contribution in [0.4, 0.5) is 0 Å². The van der Waals surface area contributed by atoms with Gasteiger partial charge in [0.2, 0.25) is 0 Å². The van der Waals surface area contributed by atoms with Gasteiger partial charge in [0.15, 0.2) is 5.78 Å². The molecule has 20 heavy (non-hydrogen) atoms. The summed E-state index contributed by atoms with van der Waals surface area (Å²) in [5.74, 6) is 0.127. The number of rotatable bonds is 3. The van der Waals surface area contributed by atoms with Crippen molar-refractivity contribution in [3.63, 3.8) is 0 Å². The van der Waals surface area contributed by atoms with E-state index in [1.165, 1.54) is 10.8 Å². The van der Waals surface area contributed by atoms with E-state index in [9.17, 15) is 4.79 Å². The molecule has 1 N–H and O–H groups in total. The van der Waals surface area contributed by atoms with Crippen LogP contribution in [0.1, 0.15) is 17.3 Å². The van der Waals surface area contributed by atoms with E-state index in [1.54, 1.807) is 7.05 Å². The molecule has 3 aromatic carbocycles. The Hall–Kier alpha value is -2.19. The number of fused-ring (bicyclic) bond motifs is 3. The van der Waals surface area contributed by atoms with Crippen LogP contribution in [0, 0.1) is 0 Å². The minimum atomic E-state index is -0.164. The molecule has 0 heterocycles. The molecule has 1 atom stereocenters. The maximum atomic E-state index is 12.3. The third-order valence-electron chi connectivity index (χ3n) is 3.86. The Morgan fingerprint density at radius 1 is 0.950 bits per heavy atom. The molecular formula is C18H17NO. The molecule has 0 saturated carbocycles. The Kier molecular flexibility index (Phi) is 3.25. The van der Waals surface area contributed by atoms with E-state index in [-0.39, 0.29) is 11.8 Å². The Bertz CT molecular complexity index is 792. The lowest BCUT2D eigenvalue weighted by Gasteiger charge is -2.10. The molecule has 2 nitrogen and oxygen atoms in total. The number of carbonyl (C=O) groups is 1. The molecule has 0 aliphatic heterocycles. The van der Waals surface area contributed by atoms with Gasteiger partial charge in [-0.2, -0.15) is 0 Å². The zero-order valence-electron chi connectivity index (χ0n) is 11.7. The first-order valence-electron chi connectivity index (χ1n) is 6.83. The monoisotopic (exact) mass is 263 g/mol. The highest BCUT2D eigenvalue weighted by Gasteiger charge is 2.13. The van der Waals surface area contributed by atoms with E-state index in [4.69, 9.17) is 0 Å². The van der Waals surface area contributed by atoms with E-state index >= 15 is 0 Å². The fraction of sp³-hybridized carbons (Fsp3) is 0.167. The molecule has 100 valence electrons. The average molecular weight is 263 g/mol. The number of ketones is 1.